The van der Waals surface area contributed by atoms with Gasteiger partial charge in [-0.15, -0.1) is 24.8 Å². The van der Waals surface area contributed by atoms with Gasteiger partial charge in [-0.3, -0.25) is 0 Å². The summed E-state index contributed by atoms with van der Waals surface area (Å²) in [4.78, 5) is 5.00. The van der Waals surface area contributed by atoms with Crippen LogP contribution in [-0.2, 0) is 0 Å². The van der Waals surface area contributed by atoms with Gasteiger partial charge in [-0.2, -0.15) is 0 Å². The summed E-state index contributed by atoms with van der Waals surface area (Å²) >= 11 is 0. The van der Waals surface area contributed by atoms with E-state index in [1.54, 1.807) is 12.1 Å². The Morgan fingerprint density at radius 2 is 1.78 bits per heavy atom. The molecule has 132 valence electrons. The first-order chi connectivity index (χ1) is 10.3. The van der Waals surface area contributed by atoms with Crippen molar-refractivity contribution in [1.82, 2.24) is 10.2 Å². The number of benzene rings is 1. The highest BCUT2D eigenvalue weighted by molar-refractivity contribution is 5.85. The molecule has 0 aromatic heterocycles. The zero-order chi connectivity index (χ0) is 14.5. The molecule has 0 bridgehead atoms. The number of rotatable bonds is 3. The van der Waals surface area contributed by atoms with Crippen molar-refractivity contribution in [3.05, 3.63) is 30.1 Å². The molecule has 1 aromatic carbocycles. The average Bonchev–Trinajstić information content (AvgIpc) is 2.75. The van der Waals surface area contributed by atoms with Crippen molar-refractivity contribution in [3.63, 3.8) is 0 Å². The second kappa shape index (κ2) is 10.3. The van der Waals surface area contributed by atoms with E-state index in [1.165, 1.54) is 45.4 Å². The highest BCUT2D eigenvalue weighted by atomic mass is 35.5. The Labute approximate surface area is 151 Å². The van der Waals surface area contributed by atoms with Crippen LogP contribution in [0.15, 0.2) is 24.3 Å². The number of hydrogen-bond donors (Lipinski definition) is 1. The standard InChI is InChI=1S/C17H26FN3.2ClH/c18-16-4-6-17(7-5-16)21-10-2-9-20(11-12-21)14-15-3-1-8-19-13-15;;/h4-7,15,19H,1-3,8-14H2;2*1H. The van der Waals surface area contributed by atoms with E-state index in [4.69, 9.17) is 0 Å². The number of nitrogens with zero attached hydrogens (tertiary/aromatic N) is 2. The van der Waals surface area contributed by atoms with Gasteiger partial charge in [0.2, 0.25) is 0 Å². The normalized spacial score (nSPS) is 22.7. The smallest absolute Gasteiger partial charge is 0.123 e. The van der Waals surface area contributed by atoms with E-state index in [2.05, 4.69) is 15.1 Å². The summed E-state index contributed by atoms with van der Waals surface area (Å²) in [6.07, 6.45) is 3.88. The number of hydrogen-bond acceptors (Lipinski definition) is 3. The second-order valence-corrected chi connectivity index (χ2v) is 6.33. The van der Waals surface area contributed by atoms with Gasteiger partial charge in [-0.05, 0) is 69.1 Å². The lowest BCUT2D eigenvalue weighted by molar-refractivity contribution is 0.219. The van der Waals surface area contributed by atoms with Crippen molar-refractivity contribution in [2.45, 2.75) is 19.3 Å². The lowest BCUT2D eigenvalue weighted by Gasteiger charge is -2.29. The fourth-order valence-corrected chi connectivity index (χ4v) is 3.51. The van der Waals surface area contributed by atoms with Gasteiger partial charge in [0.25, 0.3) is 0 Å². The van der Waals surface area contributed by atoms with Crippen molar-refractivity contribution < 1.29 is 4.39 Å². The molecule has 2 saturated heterocycles. The summed E-state index contributed by atoms with van der Waals surface area (Å²) in [6, 6.07) is 6.92. The van der Waals surface area contributed by atoms with Crippen LogP contribution < -0.4 is 10.2 Å². The molecular formula is C17H28Cl2FN3. The zero-order valence-electron chi connectivity index (χ0n) is 13.5. The van der Waals surface area contributed by atoms with E-state index in [-0.39, 0.29) is 30.6 Å². The molecule has 6 heteroatoms. The molecule has 1 aromatic rings. The fraction of sp³-hybridized carbons (Fsp3) is 0.647. The Bertz CT molecular complexity index is 438. The van der Waals surface area contributed by atoms with Gasteiger partial charge in [0.15, 0.2) is 0 Å². The van der Waals surface area contributed by atoms with E-state index in [0.29, 0.717) is 0 Å². The predicted octanol–water partition coefficient (Wildman–Crippen LogP) is 3.18. The average molecular weight is 364 g/mol. The molecule has 1 unspecified atom stereocenters. The highest BCUT2D eigenvalue weighted by Gasteiger charge is 2.20. The lowest BCUT2D eigenvalue weighted by atomic mass is 9.99. The van der Waals surface area contributed by atoms with Gasteiger partial charge in [-0.1, -0.05) is 0 Å². The molecule has 3 nitrogen and oxygen atoms in total. The maximum atomic E-state index is 13.0. The molecule has 0 spiro atoms. The van der Waals surface area contributed by atoms with Crippen LogP contribution in [0, 0.1) is 11.7 Å². The first-order valence-corrected chi connectivity index (χ1v) is 8.25. The van der Waals surface area contributed by atoms with Crippen molar-refractivity contribution >= 4 is 30.5 Å². The molecule has 0 amide bonds. The quantitative estimate of drug-likeness (QED) is 0.889. The Hall–Kier alpha value is -0.550. The summed E-state index contributed by atoms with van der Waals surface area (Å²) in [5, 5.41) is 3.51. The van der Waals surface area contributed by atoms with Gasteiger partial charge < -0.3 is 15.1 Å². The molecule has 23 heavy (non-hydrogen) atoms. The Balaban J connectivity index is 0.00000132. The molecule has 2 aliphatic rings. The Morgan fingerprint density at radius 3 is 2.48 bits per heavy atom. The largest absolute Gasteiger partial charge is 0.370 e. The van der Waals surface area contributed by atoms with E-state index in [0.717, 1.165) is 31.2 Å². The number of nitrogens with one attached hydrogen (secondary N) is 1. The van der Waals surface area contributed by atoms with E-state index in [9.17, 15) is 4.39 Å². The van der Waals surface area contributed by atoms with Crippen molar-refractivity contribution in [2.24, 2.45) is 5.92 Å². The third kappa shape index (κ3) is 6.11. The number of piperidine rings is 1. The number of anilines is 1. The predicted molar refractivity (Wildman–Crippen MR) is 99.8 cm³/mol. The molecule has 3 rings (SSSR count). The van der Waals surface area contributed by atoms with Crippen molar-refractivity contribution in [2.75, 3.05) is 50.7 Å². The monoisotopic (exact) mass is 363 g/mol. The molecule has 1 N–H and O–H groups in total. The summed E-state index contributed by atoms with van der Waals surface area (Å²) in [5.74, 6) is 0.663. The fourth-order valence-electron chi connectivity index (χ4n) is 3.51. The molecular weight excluding hydrogens is 336 g/mol. The van der Waals surface area contributed by atoms with Crippen LogP contribution in [0.1, 0.15) is 19.3 Å². The van der Waals surface area contributed by atoms with Crippen LogP contribution in [0.5, 0.6) is 0 Å². The van der Waals surface area contributed by atoms with Gasteiger partial charge in [-0.25, -0.2) is 4.39 Å². The summed E-state index contributed by atoms with van der Waals surface area (Å²) in [7, 11) is 0. The van der Waals surface area contributed by atoms with Crippen LogP contribution in [0.3, 0.4) is 0 Å². The van der Waals surface area contributed by atoms with Gasteiger partial charge in [0.1, 0.15) is 5.82 Å². The van der Waals surface area contributed by atoms with Crippen molar-refractivity contribution in [3.8, 4) is 0 Å². The Morgan fingerprint density at radius 1 is 1.00 bits per heavy atom. The Kier molecular flexibility index (Phi) is 9.22. The van der Waals surface area contributed by atoms with E-state index in [1.807, 2.05) is 12.1 Å². The minimum atomic E-state index is -0.153. The first kappa shape index (κ1) is 20.5. The van der Waals surface area contributed by atoms with Gasteiger partial charge >= 0.3 is 0 Å². The molecule has 2 fully saturated rings. The third-order valence-corrected chi connectivity index (χ3v) is 4.70. The second-order valence-electron chi connectivity index (χ2n) is 6.33. The van der Waals surface area contributed by atoms with E-state index >= 15 is 0 Å². The molecule has 0 radical (unpaired) electrons. The lowest BCUT2D eigenvalue weighted by Crippen LogP contribution is -2.39. The van der Waals surface area contributed by atoms with Gasteiger partial charge in [0.05, 0.1) is 0 Å². The molecule has 2 heterocycles. The SMILES string of the molecule is Cl.Cl.Fc1ccc(N2CCCN(CC3CCCNC3)CC2)cc1. The van der Waals surface area contributed by atoms with Crippen LogP contribution in [0.25, 0.3) is 0 Å². The van der Waals surface area contributed by atoms with Crippen LogP contribution >= 0.6 is 24.8 Å². The minimum Gasteiger partial charge on any atom is -0.370 e. The third-order valence-electron chi connectivity index (χ3n) is 4.70. The first-order valence-electron chi connectivity index (χ1n) is 8.25. The molecule has 0 aliphatic carbocycles. The van der Waals surface area contributed by atoms with Crippen LogP contribution in [0.2, 0.25) is 0 Å². The minimum absolute atomic E-state index is 0. The molecule has 1 atom stereocenters. The summed E-state index contributed by atoms with van der Waals surface area (Å²) in [5.41, 5.74) is 1.15. The number of halogens is 3. The molecule has 2 aliphatic heterocycles. The van der Waals surface area contributed by atoms with Crippen LogP contribution in [0.4, 0.5) is 10.1 Å². The molecule has 0 saturated carbocycles. The van der Waals surface area contributed by atoms with Gasteiger partial charge in [0, 0.05) is 31.9 Å². The van der Waals surface area contributed by atoms with Crippen LogP contribution in [-0.4, -0.2) is 50.7 Å². The summed E-state index contributed by atoms with van der Waals surface area (Å²) < 4.78 is 13.0. The van der Waals surface area contributed by atoms with E-state index < -0.39 is 0 Å². The highest BCUT2D eigenvalue weighted by Crippen LogP contribution is 2.18. The zero-order valence-corrected chi connectivity index (χ0v) is 15.2. The maximum absolute atomic E-state index is 13.0. The summed E-state index contributed by atoms with van der Waals surface area (Å²) in [6.45, 7) is 8.02. The maximum Gasteiger partial charge on any atom is 0.123 e. The topological polar surface area (TPSA) is 18.5 Å². The van der Waals surface area contributed by atoms with Crippen molar-refractivity contribution in [1.29, 1.82) is 0 Å².